The molecule has 25 heavy (non-hydrogen) atoms. The van der Waals surface area contributed by atoms with E-state index in [-0.39, 0.29) is 12.2 Å². The summed E-state index contributed by atoms with van der Waals surface area (Å²) < 4.78 is 5.79. The molecule has 4 rings (SSSR count). The Hall–Kier alpha value is -2.51. The minimum atomic E-state index is 0.100. The Kier molecular flexibility index (Phi) is 4.58. The van der Waals surface area contributed by atoms with Gasteiger partial charge in [0, 0.05) is 32.0 Å². The number of hydrogen-bond donors (Lipinski definition) is 2. The van der Waals surface area contributed by atoms with Crippen LogP contribution in [0.2, 0.25) is 0 Å². The van der Waals surface area contributed by atoms with Gasteiger partial charge in [-0.3, -0.25) is 4.90 Å². The van der Waals surface area contributed by atoms with E-state index >= 15 is 0 Å². The smallest absolute Gasteiger partial charge is 0.146 e. The first-order valence-corrected chi connectivity index (χ1v) is 8.60. The largest absolute Gasteiger partial charge is 0.483 e. The summed E-state index contributed by atoms with van der Waals surface area (Å²) in [5.41, 5.74) is 0.867. The van der Waals surface area contributed by atoms with Crippen LogP contribution in [0.5, 0.6) is 5.75 Å². The van der Waals surface area contributed by atoms with Crippen LogP contribution in [0.15, 0.2) is 47.7 Å². The summed E-state index contributed by atoms with van der Waals surface area (Å²) in [6, 6.07) is 9.81. The predicted octanol–water partition coefficient (Wildman–Crippen LogP) is 1.48. The van der Waals surface area contributed by atoms with Crippen molar-refractivity contribution in [2.45, 2.75) is 19.1 Å². The molecule has 2 N–H and O–H groups in total. The number of fused-ring (bicyclic) bond motifs is 1. The highest BCUT2D eigenvalue weighted by Crippen LogP contribution is 2.29. The second kappa shape index (κ2) is 7.16. The molecule has 1 saturated heterocycles. The molecular formula is C18H22N6O. The second-order valence-corrected chi connectivity index (χ2v) is 6.20. The minimum absolute atomic E-state index is 0.100. The third-order valence-corrected chi connectivity index (χ3v) is 4.53. The van der Waals surface area contributed by atoms with Crippen molar-refractivity contribution < 1.29 is 4.74 Å². The number of aromatic nitrogens is 2. The molecule has 2 aliphatic rings. The van der Waals surface area contributed by atoms with Crippen LogP contribution >= 0.6 is 0 Å². The van der Waals surface area contributed by atoms with Gasteiger partial charge in [0.1, 0.15) is 29.7 Å². The molecule has 1 aromatic heterocycles. The number of benzene rings is 1. The van der Waals surface area contributed by atoms with Crippen LogP contribution < -0.4 is 15.4 Å². The fourth-order valence-corrected chi connectivity index (χ4v) is 3.30. The number of ether oxygens (including phenoxy) is 1. The van der Waals surface area contributed by atoms with E-state index < -0.39 is 0 Å². The van der Waals surface area contributed by atoms with Crippen molar-refractivity contribution in [2.75, 3.05) is 26.2 Å². The zero-order valence-electron chi connectivity index (χ0n) is 14.2. The van der Waals surface area contributed by atoms with E-state index in [1.165, 1.54) is 0 Å². The molecule has 0 saturated carbocycles. The van der Waals surface area contributed by atoms with Crippen molar-refractivity contribution in [3.8, 4) is 5.75 Å². The average Bonchev–Trinajstić information content (AvgIpc) is 2.68. The van der Waals surface area contributed by atoms with Crippen LogP contribution in [0, 0.1) is 0 Å². The van der Waals surface area contributed by atoms with Crippen molar-refractivity contribution in [3.63, 3.8) is 0 Å². The molecule has 130 valence electrons. The van der Waals surface area contributed by atoms with Crippen LogP contribution in [0.3, 0.4) is 0 Å². The lowest BCUT2D eigenvalue weighted by molar-refractivity contribution is 0.100. The van der Waals surface area contributed by atoms with Crippen molar-refractivity contribution in [1.29, 1.82) is 0 Å². The zero-order chi connectivity index (χ0) is 17.1. The first-order valence-electron chi connectivity index (χ1n) is 8.60. The third kappa shape index (κ3) is 3.47. The summed E-state index contributed by atoms with van der Waals surface area (Å²) in [7, 11) is 0. The normalized spacial score (nSPS) is 21.6. The maximum atomic E-state index is 5.79. The molecule has 2 aliphatic heterocycles. The second-order valence-electron chi connectivity index (χ2n) is 6.20. The van der Waals surface area contributed by atoms with Gasteiger partial charge in [0.2, 0.25) is 0 Å². The maximum Gasteiger partial charge on any atom is 0.146 e. The quantitative estimate of drug-likeness (QED) is 0.883. The Morgan fingerprint density at radius 1 is 1.24 bits per heavy atom. The van der Waals surface area contributed by atoms with E-state index in [1.807, 2.05) is 30.3 Å². The summed E-state index contributed by atoms with van der Waals surface area (Å²) >= 11 is 0. The summed E-state index contributed by atoms with van der Waals surface area (Å²) in [6.07, 6.45) is 3.69. The Bertz CT molecular complexity index is 750. The minimum Gasteiger partial charge on any atom is -0.483 e. The number of hydrogen-bond acceptors (Lipinski definition) is 7. The van der Waals surface area contributed by atoms with Gasteiger partial charge in [-0.25, -0.2) is 15.0 Å². The van der Waals surface area contributed by atoms with Gasteiger partial charge in [-0.2, -0.15) is 0 Å². The van der Waals surface area contributed by atoms with Crippen LogP contribution in [-0.4, -0.2) is 53.1 Å². The van der Waals surface area contributed by atoms with Gasteiger partial charge in [0.05, 0.1) is 12.2 Å². The number of rotatable bonds is 3. The number of para-hydroxylation sites is 2. The van der Waals surface area contributed by atoms with Gasteiger partial charge < -0.3 is 15.4 Å². The molecule has 2 unspecified atom stereocenters. The summed E-state index contributed by atoms with van der Waals surface area (Å²) in [5.74, 6) is 2.52. The van der Waals surface area contributed by atoms with E-state index in [0.717, 1.165) is 42.7 Å². The number of nitrogens with zero attached hydrogens (tertiary/aromatic N) is 4. The zero-order valence-corrected chi connectivity index (χ0v) is 14.2. The van der Waals surface area contributed by atoms with E-state index in [4.69, 9.17) is 4.74 Å². The van der Waals surface area contributed by atoms with E-state index in [2.05, 4.69) is 37.4 Å². The molecule has 0 bridgehead atoms. The molecule has 2 atom stereocenters. The van der Waals surface area contributed by atoms with E-state index in [1.54, 1.807) is 12.4 Å². The molecule has 1 aromatic carbocycles. The fourth-order valence-electron chi connectivity index (χ4n) is 3.30. The standard InChI is InChI=1S/C18H22N6O/c1-13(22-17-12-25-16-6-3-2-5-14(16)23-17)24-10-9-19-11-15(24)18-20-7-4-8-21-18/h2-8,13,15,19H,9-12H2,1H3,(H,22,23). The van der Waals surface area contributed by atoms with Gasteiger partial charge in [-0.05, 0) is 25.1 Å². The predicted molar refractivity (Wildman–Crippen MR) is 96.0 cm³/mol. The monoisotopic (exact) mass is 338 g/mol. The lowest BCUT2D eigenvalue weighted by atomic mass is 10.1. The molecule has 0 amide bonds. The van der Waals surface area contributed by atoms with E-state index in [0.29, 0.717) is 6.61 Å². The van der Waals surface area contributed by atoms with Crippen molar-refractivity contribution >= 4 is 11.5 Å². The molecule has 1 fully saturated rings. The van der Waals surface area contributed by atoms with Crippen molar-refractivity contribution in [2.24, 2.45) is 4.99 Å². The molecule has 0 spiro atoms. The summed E-state index contributed by atoms with van der Waals surface area (Å²) in [5, 5.41) is 6.93. The summed E-state index contributed by atoms with van der Waals surface area (Å²) in [6.45, 7) is 5.30. The molecule has 7 nitrogen and oxygen atoms in total. The van der Waals surface area contributed by atoms with Gasteiger partial charge in [-0.15, -0.1) is 0 Å². The molecular weight excluding hydrogens is 316 g/mol. The topological polar surface area (TPSA) is 74.7 Å². The highest BCUT2D eigenvalue weighted by molar-refractivity contribution is 5.88. The molecule has 2 aromatic rings. The number of amidine groups is 1. The van der Waals surface area contributed by atoms with Crippen molar-refractivity contribution in [3.05, 3.63) is 48.5 Å². The highest BCUT2D eigenvalue weighted by atomic mass is 16.5. The Morgan fingerprint density at radius 2 is 2.08 bits per heavy atom. The molecule has 3 heterocycles. The SMILES string of the molecule is CC(NC1=Nc2ccccc2OC1)N1CCNCC1c1ncccn1. The highest BCUT2D eigenvalue weighted by Gasteiger charge is 2.30. The molecule has 0 aliphatic carbocycles. The van der Waals surface area contributed by atoms with Crippen molar-refractivity contribution in [1.82, 2.24) is 25.5 Å². The van der Waals surface area contributed by atoms with Gasteiger partial charge in [0.25, 0.3) is 0 Å². The molecule has 0 radical (unpaired) electrons. The number of nitrogens with one attached hydrogen (secondary N) is 2. The first-order chi connectivity index (χ1) is 12.3. The lowest BCUT2D eigenvalue weighted by Crippen LogP contribution is -2.56. The van der Waals surface area contributed by atoms with Gasteiger partial charge >= 0.3 is 0 Å². The fraction of sp³-hybridized carbons (Fsp3) is 0.389. The maximum absolute atomic E-state index is 5.79. The van der Waals surface area contributed by atoms with Crippen LogP contribution in [0.1, 0.15) is 18.8 Å². The average molecular weight is 338 g/mol. The Labute approximate surface area is 147 Å². The molecule has 7 heteroatoms. The Balaban J connectivity index is 1.50. The lowest BCUT2D eigenvalue weighted by Gasteiger charge is -2.40. The van der Waals surface area contributed by atoms with Crippen LogP contribution in [-0.2, 0) is 0 Å². The summed E-state index contributed by atoms with van der Waals surface area (Å²) in [4.78, 5) is 15.9. The Morgan fingerprint density at radius 3 is 2.96 bits per heavy atom. The van der Waals surface area contributed by atoms with Gasteiger partial charge in [-0.1, -0.05) is 12.1 Å². The third-order valence-electron chi connectivity index (χ3n) is 4.53. The first kappa shape index (κ1) is 16.0. The van der Waals surface area contributed by atoms with Crippen LogP contribution in [0.25, 0.3) is 0 Å². The van der Waals surface area contributed by atoms with Gasteiger partial charge in [0.15, 0.2) is 0 Å². The van der Waals surface area contributed by atoms with Crippen LogP contribution in [0.4, 0.5) is 5.69 Å². The number of aliphatic imine (C=N–C) groups is 1. The van der Waals surface area contributed by atoms with E-state index in [9.17, 15) is 0 Å². The number of piperazine rings is 1.